The monoisotopic (exact) mass is 278 g/mol. The molecule has 0 aliphatic carbocycles. The third-order valence-electron chi connectivity index (χ3n) is 3.91. The van der Waals surface area contributed by atoms with E-state index in [4.69, 9.17) is 0 Å². The van der Waals surface area contributed by atoms with Crippen molar-refractivity contribution in [1.29, 1.82) is 0 Å². The predicted molar refractivity (Wildman–Crippen MR) is 93.7 cm³/mol. The van der Waals surface area contributed by atoms with Crippen molar-refractivity contribution in [1.82, 2.24) is 0 Å². The van der Waals surface area contributed by atoms with Crippen LogP contribution in [0.3, 0.4) is 0 Å². The van der Waals surface area contributed by atoms with Gasteiger partial charge in [-0.15, -0.1) is 0 Å². The van der Waals surface area contributed by atoms with Crippen molar-refractivity contribution in [3.63, 3.8) is 0 Å². The molecule has 0 aromatic heterocycles. The quantitative estimate of drug-likeness (QED) is 0.203. The SMILES string of the molecule is [CH2]CCCCCCCCC=CCCCCCCCC[CH2]. The highest BCUT2D eigenvalue weighted by Crippen LogP contribution is 2.10. The van der Waals surface area contributed by atoms with Gasteiger partial charge in [0.25, 0.3) is 0 Å². The van der Waals surface area contributed by atoms with Crippen molar-refractivity contribution in [3.8, 4) is 0 Å². The van der Waals surface area contributed by atoms with E-state index in [1.807, 2.05) is 0 Å². The molecule has 0 nitrogen and oxygen atoms in total. The molecule has 0 saturated carbocycles. The van der Waals surface area contributed by atoms with Crippen LogP contribution in [0.4, 0.5) is 0 Å². The van der Waals surface area contributed by atoms with Crippen molar-refractivity contribution >= 4 is 0 Å². The maximum atomic E-state index is 3.88. The zero-order valence-corrected chi connectivity index (χ0v) is 13.9. The summed E-state index contributed by atoms with van der Waals surface area (Å²) in [6, 6.07) is 0. The van der Waals surface area contributed by atoms with Crippen LogP contribution in [-0.2, 0) is 0 Å². The van der Waals surface area contributed by atoms with Gasteiger partial charge in [0, 0.05) is 0 Å². The van der Waals surface area contributed by atoms with E-state index in [1.54, 1.807) is 0 Å². The van der Waals surface area contributed by atoms with Gasteiger partial charge in [-0.1, -0.05) is 103 Å². The molecule has 0 aromatic rings. The van der Waals surface area contributed by atoms with Crippen LogP contribution in [0.5, 0.6) is 0 Å². The Morgan fingerprint density at radius 2 is 0.700 bits per heavy atom. The van der Waals surface area contributed by atoms with Crippen molar-refractivity contribution in [3.05, 3.63) is 26.0 Å². The van der Waals surface area contributed by atoms with Gasteiger partial charge in [0.05, 0.1) is 0 Å². The Morgan fingerprint density at radius 3 is 1.05 bits per heavy atom. The first-order chi connectivity index (χ1) is 9.91. The molecule has 0 spiro atoms. The molecule has 0 aromatic carbocycles. The molecule has 0 rings (SSSR count). The number of allylic oxidation sites excluding steroid dienone is 2. The fourth-order valence-electron chi connectivity index (χ4n) is 2.53. The number of hydrogen-bond donors (Lipinski definition) is 0. The molecular formula is C20H38. The summed E-state index contributed by atoms with van der Waals surface area (Å²) in [5, 5.41) is 0. The molecule has 0 bridgehead atoms. The van der Waals surface area contributed by atoms with Crippen LogP contribution in [-0.4, -0.2) is 0 Å². The first-order valence-corrected chi connectivity index (χ1v) is 9.15. The summed E-state index contributed by atoms with van der Waals surface area (Å²) in [6.07, 6.45) is 26.2. The lowest BCUT2D eigenvalue weighted by Crippen LogP contribution is -1.80. The minimum Gasteiger partial charge on any atom is -0.0885 e. The van der Waals surface area contributed by atoms with Gasteiger partial charge in [-0.25, -0.2) is 0 Å². The zero-order chi connectivity index (χ0) is 14.7. The summed E-state index contributed by atoms with van der Waals surface area (Å²) in [7, 11) is 0. The molecule has 0 fully saturated rings. The zero-order valence-electron chi connectivity index (χ0n) is 13.9. The van der Waals surface area contributed by atoms with Gasteiger partial charge in [0.1, 0.15) is 0 Å². The third kappa shape index (κ3) is 17.7. The lowest BCUT2D eigenvalue weighted by Gasteiger charge is -1.99. The average molecular weight is 279 g/mol. The van der Waals surface area contributed by atoms with Gasteiger partial charge in [-0.3, -0.25) is 0 Å². The molecule has 0 heteroatoms. The van der Waals surface area contributed by atoms with Gasteiger partial charge < -0.3 is 0 Å². The molecule has 0 atom stereocenters. The highest BCUT2D eigenvalue weighted by molar-refractivity contribution is 4.81. The molecule has 0 saturated heterocycles. The van der Waals surface area contributed by atoms with Gasteiger partial charge in [-0.2, -0.15) is 0 Å². The predicted octanol–water partition coefficient (Wildman–Crippen LogP) is 7.45. The van der Waals surface area contributed by atoms with Crippen molar-refractivity contribution in [2.24, 2.45) is 0 Å². The minimum absolute atomic E-state index is 1.11. The summed E-state index contributed by atoms with van der Waals surface area (Å²) in [5.74, 6) is 0. The lowest BCUT2D eigenvalue weighted by atomic mass is 10.1. The van der Waals surface area contributed by atoms with Crippen molar-refractivity contribution in [2.75, 3.05) is 0 Å². The standard InChI is InChI=1S/C20H38/c1-3-5-7-9-11-13-15-17-19-20-18-16-14-12-10-8-6-4-2/h19-20H,1-18H2. The summed E-state index contributed by atoms with van der Waals surface area (Å²) in [4.78, 5) is 0. The number of rotatable bonds is 16. The van der Waals surface area contributed by atoms with Crippen molar-refractivity contribution < 1.29 is 0 Å². The Morgan fingerprint density at radius 1 is 0.400 bits per heavy atom. The maximum absolute atomic E-state index is 3.88. The minimum atomic E-state index is 1.11. The first kappa shape index (κ1) is 19.7. The largest absolute Gasteiger partial charge is 0.0885 e. The Bertz CT molecular complexity index is 160. The smallest absolute Gasteiger partial charge is 0.0351 e. The topological polar surface area (TPSA) is 0 Å². The number of unbranched alkanes of at least 4 members (excludes halogenated alkanes) is 14. The fourth-order valence-corrected chi connectivity index (χ4v) is 2.53. The third-order valence-corrected chi connectivity index (χ3v) is 3.91. The van der Waals surface area contributed by atoms with Crippen LogP contribution in [0.15, 0.2) is 12.2 Å². The van der Waals surface area contributed by atoms with E-state index in [1.165, 1.54) is 89.9 Å². The van der Waals surface area contributed by atoms with Crippen LogP contribution >= 0.6 is 0 Å². The van der Waals surface area contributed by atoms with E-state index in [0.717, 1.165) is 12.8 Å². The second-order valence-corrected chi connectivity index (χ2v) is 6.00. The Balaban J connectivity index is 3.01. The first-order valence-electron chi connectivity index (χ1n) is 9.15. The highest BCUT2D eigenvalue weighted by atomic mass is 14.0. The van der Waals surface area contributed by atoms with Crippen LogP contribution in [0.2, 0.25) is 0 Å². The molecule has 2 radical (unpaired) electrons. The van der Waals surface area contributed by atoms with Crippen LogP contribution in [0.25, 0.3) is 0 Å². The summed E-state index contributed by atoms with van der Waals surface area (Å²) < 4.78 is 0. The van der Waals surface area contributed by atoms with E-state index in [-0.39, 0.29) is 0 Å². The number of hydrogen-bond acceptors (Lipinski definition) is 0. The van der Waals surface area contributed by atoms with Crippen molar-refractivity contribution in [2.45, 2.75) is 103 Å². The van der Waals surface area contributed by atoms with E-state index >= 15 is 0 Å². The molecule has 0 unspecified atom stereocenters. The molecule has 0 aliphatic heterocycles. The van der Waals surface area contributed by atoms with Crippen LogP contribution in [0.1, 0.15) is 103 Å². The Hall–Kier alpha value is -0.260. The van der Waals surface area contributed by atoms with Gasteiger partial charge in [0.15, 0.2) is 0 Å². The summed E-state index contributed by atoms with van der Waals surface area (Å²) in [5.41, 5.74) is 0. The molecule has 0 N–H and O–H groups in total. The molecule has 118 valence electrons. The van der Waals surface area contributed by atoms with E-state index < -0.39 is 0 Å². The summed E-state index contributed by atoms with van der Waals surface area (Å²) in [6.45, 7) is 7.76. The maximum Gasteiger partial charge on any atom is -0.0351 e. The summed E-state index contributed by atoms with van der Waals surface area (Å²) >= 11 is 0. The molecular weight excluding hydrogens is 240 g/mol. The average Bonchev–Trinajstić information content (AvgIpc) is 2.47. The lowest BCUT2D eigenvalue weighted by molar-refractivity contribution is 0.595. The normalized spacial score (nSPS) is 11.5. The Kier molecular flexibility index (Phi) is 18.5. The molecule has 20 heavy (non-hydrogen) atoms. The van der Waals surface area contributed by atoms with Gasteiger partial charge >= 0.3 is 0 Å². The fraction of sp³-hybridized carbons (Fsp3) is 0.800. The highest BCUT2D eigenvalue weighted by Gasteiger charge is 1.90. The second-order valence-electron chi connectivity index (χ2n) is 6.00. The molecule has 0 heterocycles. The van der Waals surface area contributed by atoms with Crippen LogP contribution < -0.4 is 0 Å². The van der Waals surface area contributed by atoms with Gasteiger partial charge in [-0.05, 0) is 25.7 Å². The van der Waals surface area contributed by atoms with Gasteiger partial charge in [0.2, 0.25) is 0 Å². The second kappa shape index (κ2) is 18.7. The van der Waals surface area contributed by atoms with E-state index in [0.29, 0.717) is 0 Å². The van der Waals surface area contributed by atoms with Crippen LogP contribution in [0, 0.1) is 13.8 Å². The molecule has 0 amide bonds. The van der Waals surface area contributed by atoms with E-state index in [2.05, 4.69) is 26.0 Å². The van der Waals surface area contributed by atoms with E-state index in [9.17, 15) is 0 Å². The molecule has 0 aliphatic rings. The Labute approximate surface area is 129 Å².